The van der Waals surface area contributed by atoms with Crippen LogP contribution < -0.4 is 16.8 Å². The van der Waals surface area contributed by atoms with Gasteiger partial charge in [0.05, 0.1) is 17.6 Å². The summed E-state index contributed by atoms with van der Waals surface area (Å²) < 4.78 is 1.80. The van der Waals surface area contributed by atoms with Crippen molar-refractivity contribution in [1.29, 1.82) is 0 Å². The molecule has 26 heavy (non-hydrogen) atoms. The second-order valence-corrected chi connectivity index (χ2v) is 7.53. The van der Waals surface area contributed by atoms with E-state index in [1.807, 2.05) is 12.3 Å². The minimum Gasteiger partial charge on any atom is -0.382 e. The quantitative estimate of drug-likeness (QED) is 0.670. The average molecular weight is 350 g/mol. The second kappa shape index (κ2) is 6.61. The molecule has 136 valence electrons. The van der Waals surface area contributed by atoms with Crippen molar-refractivity contribution in [2.45, 2.75) is 51.5 Å². The Kier molecular flexibility index (Phi) is 4.28. The molecule has 0 atom stereocenters. The predicted molar refractivity (Wildman–Crippen MR) is 106 cm³/mol. The number of hydrogen-bond donors (Lipinski definition) is 3. The van der Waals surface area contributed by atoms with E-state index in [4.69, 9.17) is 16.5 Å². The van der Waals surface area contributed by atoms with E-state index in [0.717, 1.165) is 48.4 Å². The fraction of sp³-hybridized carbons (Fsp3) is 0.400. The molecule has 0 aliphatic heterocycles. The van der Waals surface area contributed by atoms with Gasteiger partial charge in [0.25, 0.3) is 0 Å². The molecule has 1 aromatic carbocycles. The van der Waals surface area contributed by atoms with Crippen LogP contribution in [-0.4, -0.2) is 20.6 Å². The van der Waals surface area contributed by atoms with Gasteiger partial charge in [-0.15, -0.1) is 5.10 Å². The fourth-order valence-corrected chi connectivity index (χ4v) is 3.92. The van der Waals surface area contributed by atoms with Crippen molar-refractivity contribution in [1.82, 2.24) is 14.6 Å². The van der Waals surface area contributed by atoms with E-state index < -0.39 is 0 Å². The van der Waals surface area contributed by atoms with Gasteiger partial charge in [0.1, 0.15) is 5.82 Å². The largest absolute Gasteiger partial charge is 0.382 e. The Bertz CT molecular complexity index is 917. The lowest BCUT2D eigenvalue weighted by Gasteiger charge is -2.24. The molecule has 3 aromatic rings. The molecule has 5 N–H and O–H groups in total. The molecule has 0 radical (unpaired) electrons. The first kappa shape index (κ1) is 16.8. The first-order chi connectivity index (χ1) is 12.5. The van der Waals surface area contributed by atoms with Gasteiger partial charge in [0.2, 0.25) is 0 Å². The SMILES string of the molecule is Cc1cc(C)cc(Nc2cc(N)nn3cc([C@H]4CC[C@H](N)CC4)nc23)c1. The smallest absolute Gasteiger partial charge is 0.177 e. The van der Waals surface area contributed by atoms with Crippen LogP contribution in [0.15, 0.2) is 30.5 Å². The van der Waals surface area contributed by atoms with E-state index in [1.165, 1.54) is 11.1 Å². The summed E-state index contributed by atoms with van der Waals surface area (Å²) in [7, 11) is 0. The molecule has 4 rings (SSSR count). The van der Waals surface area contributed by atoms with Gasteiger partial charge in [-0.2, -0.15) is 0 Å². The highest BCUT2D eigenvalue weighted by atomic mass is 15.3. The number of nitrogen functional groups attached to an aromatic ring is 1. The molecule has 0 amide bonds. The summed E-state index contributed by atoms with van der Waals surface area (Å²) in [6, 6.07) is 8.57. The van der Waals surface area contributed by atoms with Crippen molar-refractivity contribution in [3.05, 3.63) is 47.3 Å². The highest BCUT2D eigenvalue weighted by Gasteiger charge is 2.23. The van der Waals surface area contributed by atoms with Crippen LogP contribution >= 0.6 is 0 Å². The zero-order valence-corrected chi connectivity index (χ0v) is 15.4. The molecule has 0 unspecified atom stereocenters. The maximum atomic E-state index is 6.04. The molecule has 0 bridgehead atoms. The summed E-state index contributed by atoms with van der Waals surface area (Å²) in [6.07, 6.45) is 6.30. The number of aromatic nitrogens is 3. The van der Waals surface area contributed by atoms with Gasteiger partial charge >= 0.3 is 0 Å². The lowest BCUT2D eigenvalue weighted by Crippen LogP contribution is -2.25. The van der Waals surface area contributed by atoms with Crippen LogP contribution in [0.1, 0.15) is 48.4 Å². The number of fused-ring (bicyclic) bond motifs is 1. The van der Waals surface area contributed by atoms with Crippen molar-refractivity contribution >= 4 is 22.8 Å². The topological polar surface area (TPSA) is 94.3 Å². The zero-order valence-electron chi connectivity index (χ0n) is 15.4. The van der Waals surface area contributed by atoms with Crippen LogP contribution in [0.25, 0.3) is 5.65 Å². The highest BCUT2D eigenvalue weighted by molar-refractivity contribution is 5.76. The summed E-state index contributed by atoms with van der Waals surface area (Å²) in [6.45, 7) is 4.19. The van der Waals surface area contributed by atoms with Crippen molar-refractivity contribution in [2.24, 2.45) is 5.73 Å². The normalized spacial score (nSPS) is 20.4. The Morgan fingerprint density at radius 1 is 1.04 bits per heavy atom. The zero-order chi connectivity index (χ0) is 18.3. The highest BCUT2D eigenvalue weighted by Crippen LogP contribution is 2.33. The Hall–Kier alpha value is -2.60. The number of anilines is 3. The van der Waals surface area contributed by atoms with Gasteiger partial charge < -0.3 is 16.8 Å². The number of nitrogens with zero attached hydrogens (tertiary/aromatic N) is 3. The summed E-state index contributed by atoms with van der Waals surface area (Å²) in [5.74, 6) is 0.922. The number of aryl methyl sites for hydroxylation is 2. The van der Waals surface area contributed by atoms with Crippen LogP contribution in [0.5, 0.6) is 0 Å². The van der Waals surface area contributed by atoms with Gasteiger partial charge in [-0.1, -0.05) is 6.07 Å². The molecule has 2 aromatic heterocycles. The minimum atomic E-state index is 0.332. The Labute approximate surface area is 153 Å². The van der Waals surface area contributed by atoms with E-state index in [-0.39, 0.29) is 0 Å². The second-order valence-electron chi connectivity index (χ2n) is 7.53. The first-order valence-electron chi connectivity index (χ1n) is 9.24. The molecule has 1 saturated carbocycles. The lowest BCUT2D eigenvalue weighted by atomic mass is 9.85. The number of hydrogen-bond acceptors (Lipinski definition) is 5. The molecule has 6 heteroatoms. The fourth-order valence-electron chi connectivity index (χ4n) is 3.92. The standard InChI is InChI=1S/C20H26N6/c1-12-7-13(2)9-16(8-12)23-17-10-19(22)25-26-11-18(24-20(17)26)14-3-5-15(21)6-4-14/h7-11,14-15,23H,3-6,21H2,1-2H3,(H2,22,25)/t14-,15-. The summed E-state index contributed by atoms with van der Waals surface area (Å²) in [4.78, 5) is 4.89. The minimum absolute atomic E-state index is 0.332. The number of rotatable bonds is 3. The maximum absolute atomic E-state index is 6.04. The number of nitrogens with two attached hydrogens (primary N) is 2. The third-order valence-electron chi connectivity index (χ3n) is 5.15. The molecule has 1 aliphatic carbocycles. The molecule has 1 fully saturated rings. The van der Waals surface area contributed by atoms with Crippen molar-refractivity contribution in [3.8, 4) is 0 Å². The van der Waals surface area contributed by atoms with E-state index >= 15 is 0 Å². The van der Waals surface area contributed by atoms with E-state index in [9.17, 15) is 0 Å². The van der Waals surface area contributed by atoms with Gasteiger partial charge in [0.15, 0.2) is 5.65 Å². The van der Waals surface area contributed by atoms with Crippen molar-refractivity contribution < 1.29 is 0 Å². The number of nitrogens with one attached hydrogen (secondary N) is 1. The lowest BCUT2D eigenvalue weighted by molar-refractivity contribution is 0.391. The Morgan fingerprint density at radius 2 is 1.73 bits per heavy atom. The Balaban J connectivity index is 1.70. The third-order valence-corrected chi connectivity index (χ3v) is 5.15. The van der Waals surface area contributed by atoms with Gasteiger partial charge in [-0.05, 0) is 62.8 Å². The van der Waals surface area contributed by atoms with E-state index in [2.05, 4.69) is 42.5 Å². The van der Waals surface area contributed by atoms with Crippen molar-refractivity contribution in [2.75, 3.05) is 11.1 Å². The van der Waals surface area contributed by atoms with Crippen LogP contribution in [0.2, 0.25) is 0 Å². The summed E-state index contributed by atoms with van der Waals surface area (Å²) in [5.41, 5.74) is 18.3. The predicted octanol–water partition coefficient (Wildman–Crippen LogP) is 3.66. The monoisotopic (exact) mass is 350 g/mol. The van der Waals surface area contributed by atoms with Crippen LogP contribution in [-0.2, 0) is 0 Å². The van der Waals surface area contributed by atoms with E-state index in [1.54, 1.807) is 4.52 Å². The van der Waals surface area contributed by atoms with Crippen LogP contribution in [0.4, 0.5) is 17.2 Å². The van der Waals surface area contributed by atoms with E-state index in [0.29, 0.717) is 17.8 Å². The average Bonchev–Trinajstić information content (AvgIpc) is 2.98. The first-order valence-corrected chi connectivity index (χ1v) is 9.24. The number of imidazole rings is 1. The summed E-state index contributed by atoms with van der Waals surface area (Å²) in [5, 5.41) is 7.88. The third kappa shape index (κ3) is 3.37. The molecular weight excluding hydrogens is 324 g/mol. The van der Waals surface area contributed by atoms with Gasteiger partial charge in [-0.3, -0.25) is 0 Å². The molecule has 0 spiro atoms. The van der Waals surface area contributed by atoms with Crippen molar-refractivity contribution in [3.63, 3.8) is 0 Å². The van der Waals surface area contributed by atoms with Crippen LogP contribution in [0, 0.1) is 13.8 Å². The van der Waals surface area contributed by atoms with Crippen LogP contribution in [0.3, 0.4) is 0 Å². The summed E-state index contributed by atoms with van der Waals surface area (Å²) >= 11 is 0. The van der Waals surface area contributed by atoms with Gasteiger partial charge in [0, 0.05) is 23.7 Å². The maximum Gasteiger partial charge on any atom is 0.177 e. The number of benzene rings is 1. The Morgan fingerprint density at radius 3 is 2.42 bits per heavy atom. The molecule has 1 aliphatic rings. The molecule has 6 nitrogen and oxygen atoms in total. The molecule has 0 saturated heterocycles. The van der Waals surface area contributed by atoms with Gasteiger partial charge in [-0.25, -0.2) is 9.50 Å². The molecule has 2 heterocycles. The molecular formula is C20H26N6.